The van der Waals surface area contributed by atoms with Crippen molar-refractivity contribution in [1.29, 1.82) is 0 Å². The fourth-order valence-corrected chi connectivity index (χ4v) is 18.4. The summed E-state index contributed by atoms with van der Waals surface area (Å²) in [4.78, 5) is 0. The van der Waals surface area contributed by atoms with Crippen LogP contribution in [0.1, 0.15) is 141 Å². The molecule has 3 aliphatic carbocycles. The number of hydrogen-bond acceptors (Lipinski definition) is 11. The highest BCUT2D eigenvalue weighted by atomic mass is 31.1. The Labute approximate surface area is 448 Å². The highest BCUT2D eigenvalue weighted by molar-refractivity contribution is 7.69. The SMILES string of the molecule is Cc1cc(C)cc(P(O[C@@H]2[C@@H](OP(c3cc(C)cc(C)c3)c3cc(C)cc(C)c3)[C@@H](O[C@H]3O[C@@H]4COC5(CCCCC5)O[C@H]4[C@@H]4OC5(CCCCC5)O[C@@H]34)O[C@@H]3COC4(CCCCC4)O[C@@H]23)c2cc(C)cc(C)c2)c1. The van der Waals surface area contributed by atoms with Gasteiger partial charge in [0.2, 0.25) is 0 Å². The van der Waals surface area contributed by atoms with Gasteiger partial charge in [-0.15, -0.1) is 0 Å². The molecule has 5 aliphatic heterocycles. The van der Waals surface area contributed by atoms with Gasteiger partial charge in [0, 0.05) is 59.7 Å². The molecule has 5 heterocycles. The van der Waals surface area contributed by atoms with Crippen LogP contribution >= 0.6 is 16.3 Å². The van der Waals surface area contributed by atoms with Gasteiger partial charge in [0.05, 0.1) is 29.5 Å². The summed E-state index contributed by atoms with van der Waals surface area (Å²) in [5.74, 6) is -2.15. The number of benzene rings is 4. The van der Waals surface area contributed by atoms with Gasteiger partial charge in [-0.2, -0.15) is 0 Å². The standard InChI is InChI=1S/C62H80O11P2/c1-38-24-39(2)29-46(28-38)74(47-30-40(3)25-41(4)31-47)72-55-53-51(37-64-61(69-53)20-14-10-15-21-61)66-59(57(55)73-75(48-32-42(5)26-43(6)33-48)49-34-44(7)27-45(8)35-49)67-58-56-54(70-62(71-56)22-16-11-17-23-62)52-50(65-58)36-63-60(68-52)18-12-9-13-19-60/h24-35,50-59H,9-23,36-37H2,1-8H3/t50-,51-,52-,53-,54+,55+,56-,57-,58-,59-/m1/s1. The Morgan fingerprint density at radius 2 is 0.693 bits per heavy atom. The van der Waals surface area contributed by atoms with Crippen LogP contribution in [0.2, 0.25) is 0 Å². The molecule has 8 fully saturated rings. The maximum Gasteiger partial charge on any atom is 0.190 e. The van der Waals surface area contributed by atoms with Gasteiger partial charge in [0.15, 0.2) is 29.9 Å². The lowest BCUT2D eigenvalue weighted by Gasteiger charge is -2.55. The van der Waals surface area contributed by atoms with Gasteiger partial charge in [-0.05, 0) is 142 Å². The normalized spacial score (nSPS) is 31.9. The first-order chi connectivity index (χ1) is 36.2. The van der Waals surface area contributed by atoms with Gasteiger partial charge in [0.25, 0.3) is 0 Å². The Morgan fingerprint density at radius 1 is 0.360 bits per heavy atom. The van der Waals surface area contributed by atoms with E-state index in [0.29, 0.717) is 13.2 Å². The summed E-state index contributed by atoms with van der Waals surface area (Å²) in [6, 6.07) is 27.2. The molecular formula is C62H80O11P2. The van der Waals surface area contributed by atoms with E-state index in [1.54, 1.807) is 0 Å². The molecule has 0 bridgehead atoms. The van der Waals surface area contributed by atoms with Crippen molar-refractivity contribution in [2.75, 3.05) is 13.2 Å². The predicted octanol–water partition coefficient (Wildman–Crippen LogP) is 11.4. The van der Waals surface area contributed by atoms with Crippen molar-refractivity contribution in [3.8, 4) is 0 Å². The first kappa shape index (κ1) is 53.0. The Balaban J connectivity index is 1.000. The molecule has 3 saturated carbocycles. The van der Waals surface area contributed by atoms with Gasteiger partial charge in [-0.1, -0.05) is 88.0 Å². The molecule has 404 valence electrons. The van der Waals surface area contributed by atoms with E-state index in [-0.39, 0.29) is 6.10 Å². The van der Waals surface area contributed by atoms with E-state index in [0.717, 1.165) is 111 Å². The quantitative estimate of drug-likeness (QED) is 0.142. The lowest BCUT2D eigenvalue weighted by molar-refractivity contribution is -0.423. The molecule has 0 N–H and O–H groups in total. The Hall–Kier alpha value is -2.70. The van der Waals surface area contributed by atoms with Gasteiger partial charge in [-0.25, -0.2) is 0 Å². The van der Waals surface area contributed by atoms with E-state index in [1.165, 1.54) is 50.9 Å². The van der Waals surface area contributed by atoms with Crippen molar-refractivity contribution >= 4 is 37.5 Å². The van der Waals surface area contributed by atoms with Crippen molar-refractivity contribution in [2.24, 2.45) is 0 Å². The van der Waals surface area contributed by atoms with Gasteiger partial charge < -0.3 is 51.7 Å². The summed E-state index contributed by atoms with van der Waals surface area (Å²) in [7, 11) is -3.00. The summed E-state index contributed by atoms with van der Waals surface area (Å²) in [5, 5.41) is 4.46. The average Bonchev–Trinajstić information content (AvgIpc) is 3.76. The Morgan fingerprint density at radius 3 is 1.12 bits per heavy atom. The second kappa shape index (κ2) is 21.7. The van der Waals surface area contributed by atoms with E-state index < -0.39 is 89.0 Å². The van der Waals surface area contributed by atoms with Crippen LogP contribution in [0.5, 0.6) is 0 Å². The second-order valence-electron chi connectivity index (χ2n) is 23.7. The zero-order valence-corrected chi connectivity index (χ0v) is 47.4. The maximum absolute atomic E-state index is 8.09. The molecule has 75 heavy (non-hydrogen) atoms. The third kappa shape index (κ3) is 11.1. The zero-order chi connectivity index (χ0) is 51.6. The van der Waals surface area contributed by atoms with E-state index in [9.17, 15) is 0 Å². The molecular weight excluding hydrogens is 983 g/mol. The monoisotopic (exact) mass is 1060 g/mol. The molecule has 4 aromatic carbocycles. The fourth-order valence-electron chi connectivity index (χ4n) is 13.8. The fraction of sp³-hybridized carbons (Fsp3) is 0.613. The third-order valence-corrected chi connectivity index (χ3v) is 20.8. The number of fused-ring (bicyclic) bond motifs is 4. The summed E-state index contributed by atoms with van der Waals surface area (Å²) in [5.41, 5.74) is 9.42. The molecule has 0 amide bonds. The third-order valence-electron chi connectivity index (χ3n) is 16.9. The minimum atomic E-state index is -1.52. The number of rotatable bonds is 10. The van der Waals surface area contributed by atoms with Gasteiger partial charge >= 0.3 is 0 Å². The number of ether oxygens (including phenoxy) is 9. The van der Waals surface area contributed by atoms with Crippen molar-refractivity contribution in [2.45, 2.75) is 230 Å². The summed E-state index contributed by atoms with van der Waals surface area (Å²) < 4.78 is 81.0. The molecule has 3 spiro atoms. The minimum Gasteiger partial charge on any atom is -0.347 e. The Kier molecular flexibility index (Phi) is 15.4. The summed E-state index contributed by atoms with van der Waals surface area (Å²) in [6.45, 7) is 18.0. The van der Waals surface area contributed by atoms with Crippen LogP contribution in [-0.4, -0.2) is 92.0 Å². The molecule has 0 aromatic heterocycles. The number of hydrogen-bond donors (Lipinski definition) is 0. The van der Waals surface area contributed by atoms with Gasteiger partial charge in [0.1, 0.15) is 48.8 Å². The molecule has 8 aliphatic rings. The van der Waals surface area contributed by atoms with E-state index >= 15 is 0 Å². The summed E-state index contributed by atoms with van der Waals surface area (Å²) >= 11 is 0. The van der Waals surface area contributed by atoms with Crippen LogP contribution in [0.4, 0.5) is 0 Å². The topological polar surface area (TPSA) is 102 Å². The highest BCUT2D eigenvalue weighted by Crippen LogP contribution is 2.53. The second-order valence-corrected chi connectivity index (χ2v) is 27.4. The maximum atomic E-state index is 8.09. The molecule has 0 radical (unpaired) electrons. The highest BCUT2D eigenvalue weighted by Gasteiger charge is 2.64. The molecule has 5 saturated heterocycles. The van der Waals surface area contributed by atoms with Crippen LogP contribution in [0.3, 0.4) is 0 Å². The largest absolute Gasteiger partial charge is 0.347 e. The molecule has 11 nitrogen and oxygen atoms in total. The summed E-state index contributed by atoms with van der Waals surface area (Å²) in [6.07, 6.45) is 8.24. The molecule has 10 atom stereocenters. The smallest absolute Gasteiger partial charge is 0.190 e. The van der Waals surface area contributed by atoms with Crippen molar-refractivity contribution in [3.63, 3.8) is 0 Å². The van der Waals surface area contributed by atoms with E-state index in [4.69, 9.17) is 51.7 Å². The van der Waals surface area contributed by atoms with Crippen LogP contribution in [0.15, 0.2) is 72.8 Å². The average molecular weight is 1060 g/mol. The van der Waals surface area contributed by atoms with Crippen LogP contribution in [0, 0.1) is 55.4 Å². The molecule has 13 heteroatoms. The minimum absolute atomic E-state index is 0.319. The van der Waals surface area contributed by atoms with Crippen LogP contribution in [-0.2, 0) is 51.7 Å². The van der Waals surface area contributed by atoms with Crippen molar-refractivity contribution < 1.29 is 51.7 Å². The lowest BCUT2D eigenvalue weighted by atomic mass is 9.90. The zero-order valence-electron chi connectivity index (χ0n) is 45.6. The van der Waals surface area contributed by atoms with E-state index in [1.807, 2.05) is 0 Å². The molecule has 12 rings (SSSR count). The van der Waals surface area contributed by atoms with Gasteiger partial charge in [-0.3, -0.25) is 0 Å². The molecule has 4 aromatic rings. The van der Waals surface area contributed by atoms with E-state index in [2.05, 4.69) is 128 Å². The van der Waals surface area contributed by atoms with Crippen LogP contribution in [0.25, 0.3) is 0 Å². The number of aryl methyl sites for hydroxylation is 8. The first-order valence-corrected chi connectivity index (χ1v) is 30.9. The van der Waals surface area contributed by atoms with Crippen molar-refractivity contribution in [1.82, 2.24) is 0 Å². The van der Waals surface area contributed by atoms with Crippen LogP contribution < -0.4 is 21.2 Å². The Bertz CT molecular complexity index is 2490. The predicted molar refractivity (Wildman–Crippen MR) is 293 cm³/mol. The first-order valence-electron chi connectivity index (χ1n) is 28.4. The van der Waals surface area contributed by atoms with Crippen molar-refractivity contribution in [3.05, 3.63) is 117 Å². The lowest BCUT2D eigenvalue weighted by Crippen LogP contribution is -2.69. The molecule has 0 unspecified atom stereocenters.